The molecule has 1 aromatic heterocycles. The minimum absolute atomic E-state index is 1.17. The first kappa shape index (κ1) is 5.74. The van der Waals surface area contributed by atoms with Crippen LogP contribution in [-0.2, 0) is 0 Å². The van der Waals surface area contributed by atoms with E-state index in [0.717, 1.165) is 0 Å². The lowest BCUT2D eigenvalue weighted by molar-refractivity contribution is 1.70. The quantitative estimate of drug-likeness (QED) is 0.596. The minimum atomic E-state index is 1.17. The van der Waals surface area contributed by atoms with Gasteiger partial charge in [0, 0.05) is 17.1 Å². The third kappa shape index (κ3) is 0.866. The van der Waals surface area contributed by atoms with E-state index < -0.39 is 0 Å². The zero-order chi connectivity index (χ0) is 6.81. The summed E-state index contributed by atoms with van der Waals surface area (Å²) in [5.41, 5.74) is 1.22. The molecule has 0 aliphatic carbocycles. The maximum absolute atomic E-state index is 3.15. The van der Waals surface area contributed by atoms with Crippen LogP contribution in [0.5, 0.6) is 0 Å². The first-order valence-corrected chi connectivity index (χ1v) is 3.88. The van der Waals surface area contributed by atoms with Crippen LogP contribution in [-0.4, -0.2) is 0 Å². The number of fused-ring (bicyclic) bond motifs is 1. The van der Waals surface area contributed by atoms with E-state index in [1.54, 1.807) is 11.3 Å². The summed E-state index contributed by atoms with van der Waals surface area (Å²) in [5, 5.41) is 7.38. The summed E-state index contributed by atoms with van der Waals surface area (Å²) in [7, 11) is 0. The fourth-order valence-electron chi connectivity index (χ4n) is 0.852. The highest BCUT2D eigenvalue weighted by Crippen LogP contribution is 2.24. The predicted molar refractivity (Wildman–Crippen MR) is 45.0 cm³/mol. The summed E-state index contributed by atoms with van der Waals surface area (Å²) in [6.07, 6.45) is 7.98. The molecule has 0 unspecified atom stereocenters. The number of rotatable bonds is 0. The second-order valence-corrected chi connectivity index (χ2v) is 2.86. The summed E-state index contributed by atoms with van der Waals surface area (Å²) < 4.78 is 0. The molecule has 0 atom stereocenters. The molecular formula is C8H6NS. The van der Waals surface area contributed by atoms with Crippen molar-refractivity contribution < 1.29 is 0 Å². The Morgan fingerprint density at radius 1 is 1.40 bits per heavy atom. The molecule has 49 valence electrons. The smallest absolute Gasteiger partial charge is 0.100 e. The van der Waals surface area contributed by atoms with Gasteiger partial charge in [0.15, 0.2) is 0 Å². The molecule has 0 saturated carbocycles. The minimum Gasteiger partial charge on any atom is -0.353 e. The number of hydrogen-bond acceptors (Lipinski definition) is 2. The number of allylic oxidation sites excluding steroid dienone is 2. The van der Waals surface area contributed by atoms with Crippen molar-refractivity contribution in [3.8, 4) is 0 Å². The topological polar surface area (TPSA) is 12.0 Å². The molecule has 1 N–H and O–H groups in total. The van der Waals surface area contributed by atoms with Gasteiger partial charge in [-0.05, 0) is 12.1 Å². The maximum Gasteiger partial charge on any atom is 0.100 e. The Balaban J connectivity index is 2.50. The Morgan fingerprint density at radius 2 is 2.40 bits per heavy atom. The van der Waals surface area contributed by atoms with Crippen LogP contribution >= 0.6 is 11.3 Å². The maximum atomic E-state index is 3.15. The van der Waals surface area contributed by atoms with Crippen LogP contribution in [0.3, 0.4) is 0 Å². The van der Waals surface area contributed by atoms with Crippen LogP contribution in [0.15, 0.2) is 24.4 Å². The molecule has 1 nitrogen and oxygen atoms in total. The number of thiophene rings is 1. The van der Waals surface area contributed by atoms with Gasteiger partial charge in [-0.2, -0.15) is 0 Å². The molecule has 1 aromatic rings. The van der Waals surface area contributed by atoms with Gasteiger partial charge in [-0.1, -0.05) is 12.2 Å². The molecule has 0 spiro atoms. The van der Waals surface area contributed by atoms with Gasteiger partial charge in [0.25, 0.3) is 0 Å². The average Bonchev–Trinajstić information content (AvgIpc) is 2.28. The normalized spacial score (nSPS) is 14.0. The van der Waals surface area contributed by atoms with E-state index in [-0.39, 0.29) is 0 Å². The van der Waals surface area contributed by atoms with Gasteiger partial charge in [0.05, 0.1) is 0 Å². The predicted octanol–water partition coefficient (Wildman–Crippen LogP) is 2.50. The molecule has 0 aromatic carbocycles. The summed E-state index contributed by atoms with van der Waals surface area (Å²) in [6, 6.07) is 1.98. The fraction of sp³-hybridized carbons (Fsp3) is 0. The van der Waals surface area contributed by atoms with E-state index in [4.69, 9.17) is 0 Å². The number of hydrogen-bond donors (Lipinski definition) is 1. The summed E-state index contributed by atoms with van der Waals surface area (Å²) in [5.74, 6) is 0. The molecule has 2 heterocycles. The summed E-state index contributed by atoms with van der Waals surface area (Å²) >= 11 is 1.60. The van der Waals surface area contributed by atoms with Gasteiger partial charge in [-0.3, -0.25) is 0 Å². The highest BCUT2D eigenvalue weighted by Gasteiger charge is 1.99. The SMILES string of the molecule is [c]1cc2c(s1)NC=CC=C2. The molecule has 10 heavy (non-hydrogen) atoms. The van der Waals surface area contributed by atoms with Gasteiger partial charge in [-0.25, -0.2) is 0 Å². The van der Waals surface area contributed by atoms with Crippen molar-refractivity contribution in [3.63, 3.8) is 0 Å². The third-order valence-electron chi connectivity index (χ3n) is 1.34. The Kier molecular flexibility index (Phi) is 1.32. The summed E-state index contributed by atoms with van der Waals surface area (Å²) in [6.45, 7) is 0. The summed E-state index contributed by atoms with van der Waals surface area (Å²) in [4.78, 5) is 0. The van der Waals surface area contributed by atoms with Gasteiger partial charge in [-0.15, -0.1) is 11.3 Å². The number of anilines is 1. The zero-order valence-electron chi connectivity index (χ0n) is 5.29. The Labute approximate surface area is 63.7 Å². The monoisotopic (exact) mass is 148 g/mol. The van der Waals surface area contributed by atoms with Crippen molar-refractivity contribution in [2.45, 2.75) is 0 Å². The second kappa shape index (κ2) is 2.31. The molecular weight excluding hydrogens is 142 g/mol. The van der Waals surface area contributed by atoms with Crippen LogP contribution in [0.2, 0.25) is 0 Å². The highest BCUT2D eigenvalue weighted by molar-refractivity contribution is 7.14. The molecule has 2 heteroatoms. The van der Waals surface area contributed by atoms with Crippen molar-refractivity contribution >= 4 is 22.4 Å². The Hall–Kier alpha value is -1.02. The van der Waals surface area contributed by atoms with E-state index in [1.165, 1.54) is 10.6 Å². The van der Waals surface area contributed by atoms with Gasteiger partial charge in [0.1, 0.15) is 5.00 Å². The first-order valence-electron chi connectivity index (χ1n) is 3.06. The molecule has 2 rings (SSSR count). The standard InChI is InChI=1S/C8H6NS/c1-2-5-9-8-7(3-1)4-6-10-8/h1-5,9H. The molecule has 1 radical (unpaired) electrons. The van der Waals surface area contributed by atoms with E-state index in [1.807, 2.05) is 24.4 Å². The van der Waals surface area contributed by atoms with Crippen LogP contribution in [0.1, 0.15) is 5.56 Å². The molecule has 1 aliphatic rings. The lowest BCUT2D eigenvalue weighted by Crippen LogP contribution is -1.81. The third-order valence-corrected chi connectivity index (χ3v) is 2.13. The second-order valence-electron chi connectivity index (χ2n) is 2.01. The fourth-order valence-corrected chi connectivity index (χ4v) is 1.53. The Morgan fingerprint density at radius 3 is 3.40 bits per heavy atom. The van der Waals surface area contributed by atoms with E-state index >= 15 is 0 Å². The van der Waals surface area contributed by atoms with Crippen molar-refractivity contribution in [2.24, 2.45) is 0 Å². The molecule has 0 fully saturated rings. The number of nitrogens with one attached hydrogen (secondary N) is 1. The van der Waals surface area contributed by atoms with Gasteiger partial charge in [0.2, 0.25) is 0 Å². The highest BCUT2D eigenvalue weighted by atomic mass is 32.1. The largest absolute Gasteiger partial charge is 0.353 e. The van der Waals surface area contributed by atoms with Gasteiger partial charge < -0.3 is 5.32 Å². The first-order chi connectivity index (χ1) is 4.97. The van der Waals surface area contributed by atoms with E-state index in [2.05, 4.69) is 16.8 Å². The van der Waals surface area contributed by atoms with Crippen molar-refractivity contribution in [2.75, 3.05) is 5.32 Å². The van der Waals surface area contributed by atoms with Crippen LogP contribution in [0.25, 0.3) is 6.08 Å². The average molecular weight is 148 g/mol. The van der Waals surface area contributed by atoms with Crippen molar-refractivity contribution in [1.82, 2.24) is 0 Å². The van der Waals surface area contributed by atoms with E-state index in [0.29, 0.717) is 0 Å². The van der Waals surface area contributed by atoms with Crippen molar-refractivity contribution in [1.29, 1.82) is 0 Å². The molecule has 0 bridgehead atoms. The molecule has 0 saturated heterocycles. The lowest BCUT2D eigenvalue weighted by atomic mass is 10.3. The lowest BCUT2D eigenvalue weighted by Gasteiger charge is -1.93. The van der Waals surface area contributed by atoms with Crippen molar-refractivity contribution in [3.05, 3.63) is 35.4 Å². The van der Waals surface area contributed by atoms with E-state index in [9.17, 15) is 0 Å². The van der Waals surface area contributed by atoms with Crippen LogP contribution in [0, 0.1) is 5.38 Å². The van der Waals surface area contributed by atoms with Gasteiger partial charge >= 0.3 is 0 Å². The zero-order valence-corrected chi connectivity index (χ0v) is 6.11. The molecule has 1 aliphatic heterocycles. The van der Waals surface area contributed by atoms with Crippen LogP contribution < -0.4 is 5.32 Å². The van der Waals surface area contributed by atoms with Crippen LogP contribution in [0.4, 0.5) is 5.00 Å². The Bertz CT molecular complexity index is 283. The molecule has 0 amide bonds.